The second-order valence-corrected chi connectivity index (χ2v) is 19.4. The lowest BCUT2D eigenvalue weighted by Crippen LogP contribution is -2.53. The fourth-order valence-electron chi connectivity index (χ4n) is 8.91. The van der Waals surface area contributed by atoms with Crippen LogP contribution < -0.4 is 0 Å². The van der Waals surface area contributed by atoms with Crippen LogP contribution in [0.15, 0.2) is 60.7 Å². The predicted octanol–water partition coefficient (Wildman–Crippen LogP) is 10.2. The van der Waals surface area contributed by atoms with Crippen LogP contribution in [0.2, 0.25) is 12.6 Å². The molecule has 0 radical (unpaired) electrons. The van der Waals surface area contributed by atoms with Gasteiger partial charge >= 0.3 is 38.4 Å². The zero-order valence-corrected chi connectivity index (χ0v) is 39.9. The molecule has 14 nitrogen and oxygen atoms in total. The Morgan fingerprint density at radius 2 is 0.879 bits per heavy atom. The first-order chi connectivity index (χ1) is 30.3. The van der Waals surface area contributed by atoms with E-state index in [4.69, 9.17) is 37.6 Å². The van der Waals surface area contributed by atoms with Crippen LogP contribution in [-0.4, -0.2) is 110 Å². The molecule has 66 heavy (non-hydrogen) atoms. The fourth-order valence-corrected chi connectivity index (χ4v) is 8.91. The highest BCUT2D eigenvalue weighted by Gasteiger charge is 2.52. The van der Waals surface area contributed by atoms with E-state index in [9.17, 15) is 19.2 Å². The van der Waals surface area contributed by atoms with E-state index in [1.807, 2.05) is 116 Å². The number of hydrogen-bond donors (Lipinski definition) is 0. The number of likely N-dealkylation sites (tertiary alicyclic amines) is 2. The smallest absolute Gasteiger partial charge is 0.457 e. The average Bonchev–Trinajstić information content (AvgIpc) is 3.62. The van der Waals surface area contributed by atoms with E-state index < -0.39 is 24.3 Å². The zero-order valence-electron chi connectivity index (χ0n) is 39.9. The van der Waals surface area contributed by atoms with Gasteiger partial charge in [-0.1, -0.05) is 88.4 Å². The Bertz CT molecular complexity index is 1670. The molecule has 0 aromatic heterocycles. The quantitative estimate of drug-likeness (QED) is 0.101. The predicted molar refractivity (Wildman–Crippen MR) is 257 cm³/mol. The van der Waals surface area contributed by atoms with E-state index in [-0.39, 0.29) is 88.5 Å². The number of piperidine rings is 2. The molecule has 4 unspecified atom stereocenters. The fraction of sp³-hybridized carbons (Fsp3) is 0.680. The van der Waals surface area contributed by atoms with Crippen molar-refractivity contribution in [3.05, 3.63) is 71.8 Å². The maximum Gasteiger partial charge on any atom is 0.457 e. The minimum absolute atomic E-state index is 0. The molecule has 0 saturated carbocycles. The Morgan fingerprint density at radius 1 is 0.561 bits per heavy atom. The molecule has 2 aromatic rings. The van der Waals surface area contributed by atoms with Gasteiger partial charge in [-0.3, -0.25) is 9.80 Å². The summed E-state index contributed by atoms with van der Waals surface area (Å²) < 4.78 is 45.5. The number of hydrogen-bond acceptors (Lipinski definition) is 12. The number of nitrogens with zero attached hydrogens (tertiary/aromatic N) is 2. The molecule has 0 aliphatic carbocycles. The summed E-state index contributed by atoms with van der Waals surface area (Å²) in [6.07, 6.45) is 7.18. The van der Waals surface area contributed by atoms with E-state index in [1.165, 1.54) is 24.0 Å². The van der Waals surface area contributed by atoms with Gasteiger partial charge in [0.2, 0.25) is 0 Å². The number of carbonyl (C=O) groups excluding carboxylic acids is 4. The first-order valence-corrected chi connectivity index (χ1v) is 23.1. The summed E-state index contributed by atoms with van der Waals surface area (Å²) in [6.45, 7) is 17.7. The van der Waals surface area contributed by atoms with Crippen LogP contribution in [-0.2, 0) is 60.4 Å². The van der Waals surface area contributed by atoms with Crippen LogP contribution in [0.1, 0.15) is 133 Å². The lowest BCUT2D eigenvalue weighted by molar-refractivity contribution is -0.151. The number of amides is 2. The SMILES string of the molecule is C.C.COC(=O)C1C(CCCB2OC(C)(C)C(C)(C)O2)CCCN1C(=O)OCc1ccccc1.COC(=O)C1C(CCCB2OC(C)(C)C(C)(C)O2)CCCN1C(=O)OCc1ccccc1. The van der Waals surface area contributed by atoms with Crippen molar-refractivity contribution in [3.63, 3.8) is 0 Å². The highest BCUT2D eigenvalue weighted by atomic mass is 16.7. The van der Waals surface area contributed by atoms with Crippen molar-refractivity contribution in [2.75, 3.05) is 27.3 Å². The molecule has 0 N–H and O–H groups in total. The highest BCUT2D eigenvalue weighted by Crippen LogP contribution is 2.40. The number of carbonyl (C=O) groups is 4. The third-order valence-electron chi connectivity index (χ3n) is 13.9. The Labute approximate surface area is 396 Å². The molecule has 0 spiro atoms. The molecule has 4 heterocycles. The maximum absolute atomic E-state index is 12.8. The number of ether oxygens (including phenoxy) is 4. The summed E-state index contributed by atoms with van der Waals surface area (Å²) in [5.41, 5.74) is 0.414. The number of methoxy groups -OCH3 is 2. The molecule has 0 bridgehead atoms. The topological polar surface area (TPSA) is 149 Å². The van der Waals surface area contributed by atoms with Crippen molar-refractivity contribution in [3.8, 4) is 0 Å². The summed E-state index contributed by atoms with van der Waals surface area (Å²) in [6, 6.07) is 17.8. The highest BCUT2D eigenvalue weighted by molar-refractivity contribution is 6.45. The third kappa shape index (κ3) is 14.5. The molecular formula is C50H80B2N2O12. The second-order valence-electron chi connectivity index (χ2n) is 19.4. The molecule has 4 fully saturated rings. The van der Waals surface area contributed by atoms with Gasteiger partial charge in [0.05, 0.1) is 36.6 Å². The van der Waals surface area contributed by atoms with Crippen molar-refractivity contribution in [1.29, 1.82) is 0 Å². The lowest BCUT2D eigenvalue weighted by atomic mass is 9.78. The van der Waals surface area contributed by atoms with Gasteiger partial charge in [-0.05, 0) is 130 Å². The Kier molecular flexibility index (Phi) is 21.1. The number of rotatable bonds is 14. The molecular weight excluding hydrogens is 842 g/mol. The van der Waals surface area contributed by atoms with Gasteiger partial charge < -0.3 is 37.6 Å². The van der Waals surface area contributed by atoms with Gasteiger partial charge in [-0.2, -0.15) is 0 Å². The molecule has 2 aromatic carbocycles. The molecule has 2 amide bonds. The minimum atomic E-state index is -0.629. The Hall–Kier alpha value is -4.11. The zero-order chi connectivity index (χ0) is 46.7. The first-order valence-electron chi connectivity index (χ1n) is 23.1. The number of benzene rings is 2. The minimum Gasteiger partial charge on any atom is -0.467 e. The molecule has 16 heteroatoms. The molecule has 4 aliphatic rings. The van der Waals surface area contributed by atoms with Gasteiger partial charge in [0.15, 0.2) is 0 Å². The van der Waals surface area contributed by atoms with E-state index in [2.05, 4.69) is 0 Å². The standard InChI is InChI=1S/2C24H36BNO6.2CH4/c2*1-23(2)24(3,4)32-25(31-23)15-9-13-19-14-10-16-26(20(19)21(27)29-5)22(28)30-17-18-11-7-6-8-12-18;;/h2*6-8,11-12,19-20H,9-10,13-17H2,1-5H3;2*1H4. The Morgan fingerprint density at radius 3 is 1.18 bits per heavy atom. The van der Waals surface area contributed by atoms with Crippen molar-refractivity contribution in [1.82, 2.24) is 9.80 Å². The van der Waals surface area contributed by atoms with E-state index in [0.717, 1.165) is 75.1 Å². The number of esters is 2. The van der Waals surface area contributed by atoms with Crippen LogP contribution in [0.4, 0.5) is 9.59 Å². The normalized spacial score (nSPS) is 23.5. The maximum atomic E-state index is 12.8. The summed E-state index contributed by atoms with van der Waals surface area (Å²) in [7, 11) is 2.22. The first kappa shape index (κ1) is 56.2. The average molecular weight is 923 g/mol. The lowest BCUT2D eigenvalue weighted by Gasteiger charge is -2.38. The molecule has 4 atom stereocenters. The monoisotopic (exact) mass is 923 g/mol. The van der Waals surface area contributed by atoms with Crippen LogP contribution >= 0.6 is 0 Å². The third-order valence-corrected chi connectivity index (χ3v) is 13.9. The van der Waals surface area contributed by atoms with Gasteiger partial charge in [0, 0.05) is 13.1 Å². The summed E-state index contributed by atoms with van der Waals surface area (Å²) in [5, 5.41) is 0. The molecule has 368 valence electrons. The van der Waals surface area contributed by atoms with Crippen molar-refractivity contribution in [2.45, 2.75) is 182 Å². The second kappa shape index (κ2) is 24.8. The van der Waals surface area contributed by atoms with Crippen LogP contribution in [0.3, 0.4) is 0 Å². The summed E-state index contributed by atoms with van der Waals surface area (Å²) in [4.78, 5) is 54.0. The van der Waals surface area contributed by atoms with Gasteiger partial charge in [-0.25, -0.2) is 19.2 Å². The van der Waals surface area contributed by atoms with Crippen molar-refractivity contribution < 1.29 is 56.7 Å². The Balaban J connectivity index is 0.000000340. The molecule has 4 aliphatic heterocycles. The van der Waals surface area contributed by atoms with E-state index in [0.29, 0.717) is 13.1 Å². The van der Waals surface area contributed by atoms with Gasteiger partial charge in [0.25, 0.3) is 0 Å². The summed E-state index contributed by atoms with van der Waals surface area (Å²) >= 11 is 0. The van der Waals surface area contributed by atoms with Crippen LogP contribution in [0.5, 0.6) is 0 Å². The van der Waals surface area contributed by atoms with Crippen molar-refractivity contribution >= 4 is 38.4 Å². The largest absolute Gasteiger partial charge is 0.467 e. The molecule has 4 saturated heterocycles. The molecule has 6 rings (SSSR count). The van der Waals surface area contributed by atoms with Crippen molar-refractivity contribution in [2.24, 2.45) is 11.8 Å². The van der Waals surface area contributed by atoms with Gasteiger partial charge in [-0.15, -0.1) is 0 Å². The van der Waals surface area contributed by atoms with E-state index in [1.54, 1.807) is 0 Å². The van der Waals surface area contributed by atoms with Crippen LogP contribution in [0.25, 0.3) is 0 Å². The van der Waals surface area contributed by atoms with Gasteiger partial charge in [0.1, 0.15) is 25.3 Å². The van der Waals surface area contributed by atoms with E-state index >= 15 is 0 Å². The summed E-state index contributed by atoms with van der Waals surface area (Å²) in [5.74, 6) is -0.741. The van der Waals surface area contributed by atoms with Crippen LogP contribution in [0, 0.1) is 11.8 Å².